The monoisotopic (exact) mass is 238 g/mol. The van der Waals surface area contributed by atoms with Crippen LogP contribution in [-0.4, -0.2) is 48.9 Å². The molecule has 2 aliphatic heterocycles. The summed E-state index contributed by atoms with van der Waals surface area (Å²) in [6, 6.07) is 0. The highest BCUT2D eigenvalue weighted by Gasteiger charge is 2.33. The first-order valence-electron chi connectivity index (χ1n) is 6.95. The van der Waals surface area contributed by atoms with Gasteiger partial charge in [0, 0.05) is 19.6 Å². The highest BCUT2D eigenvalue weighted by Crippen LogP contribution is 2.30. The minimum absolute atomic E-state index is 0.252. The van der Waals surface area contributed by atoms with Gasteiger partial charge >= 0.3 is 0 Å². The van der Waals surface area contributed by atoms with E-state index in [0.29, 0.717) is 11.3 Å². The average molecular weight is 238 g/mol. The number of carbonyl (C=O) groups is 1. The van der Waals surface area contributed by atoms with Crippen LogP contribution in [0.3, 0.4) is 0 Å². The predicted octanol–water partition coefficient (Wildman–Crippen LogP) is 1.98. The lowest BCUT2D eigenvalue weighted by molar-refractivity contribution is -0.140. The van der Waals surface area contributed by atoms with Crippen molar-refractivity contribution in [1.82, 2.24) is 9.80 Å². The average Bonchev–Trinajstić information content (AvgIpc) is 2.26. The summed E-state index contributed by atoms with van der Waals surface area (Å²) in [4.78, 5) is 16.9. The third-order valence-corrected chi connectivity index (χ3v) is 4.19. The molecule has 0 unspecified atom stereocenters. The fraction of sp³-hybridized carbons (Fsp3) is 0.929. The van der Waals surface area contributed by atoms with Gasteiger partial charge in [0.1, 0.15) is 0 Å². The van der Waals surface area contributed by atoms with Crippen LogP contribution in [0.25, 0.3) is 0 Å². The minimum Gasteiger partial charge on any atom is -0.342 e. The van der Waals surface area contributed by atoms with Gasteiger partial charge in [-0.3, -0.25) is 4.79 Å². The van der Waals surface area contributed by atoms with E-state index in [4.69, 9.17) is 0 Å². The molecule has 0 spiro atoms. The van der Waals surface area contributed by atoms with Crippen LogP contribution < -0.4 is 0 Å². The topological polar surface area (TPSA) is 23.6 Å². The molecule has 0 aromatic rings. The molecule has 2 aliphatic rings. The number of piperidine rings is 2. The van der Waals surface area contributed by atoms with Gasteiger partial charge in [0.05, 0.1) is 5.92 Å². The molecule has 3 heteroatoms. The van der Waals surface area contributed by atoms with Gasteiger partial charge in [0.15, 0.2) is 0 Å². The molecule has 1 amide bonds. The molecule has 3 nitrogen and oxygen atoms in total. The Hall–Kier alpha value is -0.570. The summed E-state index contributed by atoms with van der Waals surface area (Å²) in [6.45, 7) is 8.58. The van der Waals surface area contributed by atoms with Gasteiger partial charge < -0.3 is 9.80 Å². The van der Waals surface area contributed by atoms with E-state index < -0.39 is 0 Å². The smallest absolute Gasteiger partial charge is 0.226 e. The number of hydrogen-bond acceptors (Lipinski definition) is 2. The van der Waals surface area contributed by atoms with Crippen molar-refractivity contribution in [3.05, 3.63) is 0 Å². The van der Waals surface area contributed by atoms with Crippen LogP contribution >= 0.6 is 0 Å². The summed E-state index contributed by atoms with van der Waals surface area (Å²) in [5.41, 5.74) is 0.314. The highest BCUT2D eigenvalue weighted by atomic mass is 16.2. The van der Waals surface area contributed by atoms with Crippen LogP contribution in [0.2, 0.25) is 0 Å². The largest absolute Gasteiger partial charge is 0.342 e. The van der Waals surface area contributed by atoms with Gasteiger partial charge in [-0.05, 0) is 44.7 Å². The van der Waals surface area contributed by atoms with Crippen molar-refractivity contribution in [2.24, 2.45) is 11.3 Å². The quantitative estimate of drug-likeness (QED) is 0.697. The Bertz CT molecular complexity index is 288. The number of amides is 1. The lowest BCUT2D eigenvalue weighted by Crippen LogP contribution is -2.49. The van der Waals surface area contributed by atoms with Gasteiger partial charge in [0.25, 0.3) is 0 Å². The summed E-state index contributed by atoms with van der Waals surface area (Å²) in [5, 5.41) is 0. The Morgan fingerprint density at radius 2 is 2.00 bits per heavy atom. The van der Waals surface area contributed by atoms with Gasteiger partial charge in [-0.2, -0.15) is 0 Å². The third kappa shape index (κ3) is 3.21. The Balaban J connectivity index is 1.94. The zero-order valence-corrected chi connectivity index (χ0v) is 11.5. The fourth-order valence-electron chi connectivity index (χ4n) is 3.24. The van der Waals surface area contributed by atoms with Crippen molar-refractivity contribution >= 4 is 5.91 Å². The first-order chi connectivity index (χ1) is 7.98. The summed E-state index contributed by atoms with van der Waals surface area (Å²) in [6.07, 6.45) is 4.67. The highest BCUT2D eigenvalue weighted by molar-refractivity contribution is 5.79. The number of likely N-dealkylation sites (tertiary alicyclic amines) is 2. The van der Waals surface area contributed by atoms with Crippen molar-refractivity contribution in [3.8, 4) is 0 Å². The summed E-state index contributed by atoms with van der Waals surface area (Å²) < 4.78 is 0. The molecule has 2 saturated heterocycles. The molecular weight excluding hydrogens is 212 g/mol. The zero-order valence-electron chi connectivity index (χ0n) is 11.5. The normalized spacial score (nSPS) is 30.3. The maximum atomic E-state index is 12.5. The second-order valence-corrected chi connectivity index (χ2v) is 6.63. The standard InChI is InChI=1S/C14H26N2O/c1-14(2)7-5-9-16(11-14)13(17)12-6-4-8-15(3)10-12/h12H,4-11H2,1-3H3/t12-/m0/s1. The molecule has 17 heavy (non-hydrogen) atoms. The molecule has 98 valence electrons. The first kappa shape index (κ1) is 12.9. The van der Waals surface area contributed by atoms with Gasteiger partial charge in [0.2, 0.25) is 5.91 Å². The molecule has 2 fully saturated rings. The molecular formula is C14H26N2O. The molecule has 2 rings (SSSR count). The van der Waals surface area contributed by atoms with Crippen LogP contribution in [0.15, 0.2) is 0 Å². The van der Waals surface area contributed by atoms with Crippen LogP contribution in [0.5, 0.6) is 0 Å². The number of carbonyl (C=O) groups excluding carboxylic acids is 1. The molecule has 0 bridgehead atoms. The van der Waals surface area contributed by atoms with E-state index in [1.807, 2.05) is 0 Å². The zero-order chi connectivity index (χ0) is 12.5. The second kappa shape index (κ2) is 4.97. The fourth-order valence-corrected chi connectivity index (χ4v) is 3.24. The third-order valence-electron chi connectivity index (χ3n) is 4.19. The Morgan fingerprint density at radius 1 is 1.24 bits per heavy atom. The van der Waals surface area contributed by atoms with Crippen LogP contribution in [0.1, 0.15) is 39.5 Å². The maximum Gasteiger partial charge on any atom is 0.226 e. The van der Waals surface area contributed by atoms with E-state index in [2.05, 4.69) is 30.7 Å². The first-order valence-corrected chi connectivity index (χ1v) is 6.95. The van der Waals surface area contributed by atoms with Crippen LogP contribution in [-0.2, 0) is 4.79 Å². The lowest BCUT2D eigenvalue weighted by Gasteiger charge is -2.41. The summed E-state index contributed by atoms with van der Waals surface area (Å²) >= 11 is 0. The van der Waals surface area contributed by atoms with E-state index in [-0.39, 0.29) is 5.92 Å². The van der Waals surface area contributed by atoms with E-state index in [1.54, 1.807) is 0 Å². The molecule has 0 aromatic heterocycles. The second-order valence-electron chi connectivity index (χ2n) is 6.63. The molecule has 0 N–H and O–H groups in total. The number of rotatable bonds is 1. The minimum atomic E-state index is 0.252. The maximum absolute atomic E-state index is 12.5. The molecule has 2 heterocycles. The van der Waals surface area contributed by atoms with E-state index in [1.165, 1.54) is 19.3 Å². The Kier molecular flexibility index (Phi) is 3.76. The Labute approximate surface area is 105 Å². The van der Waals surface area contributed by atoms with Gasteiger partial charge in [-0.1, -0.05) is 13.8 Å². The molecule has 1 atom stereocenters. The van der Waals surface area contributed by atoms with Crippen molar-refractivity contribution in [1.29, 1.82) is 0 Å². The summed E-state index contributed by atoms with van der Waals surface area (Å²) in [5.74, 6) is 0.659. The van der Waals surface area contributed by atoms with Gasteiger partial charge in [-0.15, -0.1) is 0 Å². The van der Waals surface area contributed by atoms with E-state index >= 15 is 0 Å². The molecule has 0 aromatic carbocycles. The lowest BCUT2D eigenvalue weighted by atomic mass is 9.83. The SMILES string of the molecule is CN1CCC[C@H](C(=O)N2CCCC(C)(C)C2)C1. The van der Waals surface area contributed by atoms with Crippen molar-refractivity contribution in [3.63, 3.8) is 0 Å². The summed E-state index contributed by atoms with van der Waals surface area (Å²) in [7, 11) is 2.12. The number of hydrogen-bond donors (Lipinski definition) is 0. The number of nitrogens with zero attached hydrogens (tertiary/aromatic N) is 2. The molecule has 0 aliphatic carbocycles. The van der Waals surface area contributed by atoms with Crippen LogP contribution in [0, 0.1) is 11.3 Å². The molecule has 0 saturated carbocycles. The van der Waals surface area contributed by atoms with E-state index in [9.17, 15) is 4.79 Å². The van der Waals surface area contributed by atoms with Crippen LogP contribution in [0.4, 0.5) is 0 Å². The molecule has 0 radical (unpaired) electrons. The van der Waals surface area contributed by atoms with Crippen molar-refractivity contribution < 1.29 is 4.79 Å². The predicted molar refractivity (Wildman–Crippen MR) is 69.8 cm³/mol. The van der Waals surface area contributed by atoms with E-state index in [0.717, 1.165) is 32.6 Å². The van der Waals surface area contributed by atoms with Crippen molar-refractivity contribution in [2.45, 2.75) is 39.5 Å². The van der Waals surface area contributed by atoms with Crippen molar-refractivity contribution in [2.75, 3.05) is 33.2 Å². The van der Waals surface area contributed by atoms with Gasteiger partial charge in [-0.25, -0.2) is 0 Å². The Morgan fingerprint density at radius 3 is 2.65 bits per heavy atom.